The van der Waals surface area contributed by atoms with Crippen LogP contribution in [0.3, 0.4) is 0 Å². The third-order valence-electron chi connectivity index (χ3n) is 4.56. The Kier molecular flexibility index (Phi) is 4.86. The highest BCUT2D eigenvalue weighted by Crippen LogP contribution is 2.32. The van der Waals surface area contributed by atoms with Gasteiger partial charge in [-0.2, -0.15) is 9.61 Å². The highest BCUT2D eigenvalue weighted by Gasteiger charge is 2.21. The minimum Gasteiger partial charge on any atom is -0.269 e. The Morgan fingerprint density at radius 3 is 2.58 bits per heavy atom. The number of para-hydroxylation sites is 1. The van der Waals surface area contributed by atoms with Gasteiger partial charge in [-0.1, -0.05) is 18.2 Å². The number of rotatable bonds is 5. The minimum absolute atomic E-state index is 0.246. The molecule has 8 nitrogen and oxygen atoms in total. The number of aromatic nitrogens is 8. The van der Waals surface area contributed by atoms with E-state index in [9.17, 15) is 8.78 Å². The molecule has 0 amide bonds. The average Bonchev–Trinajstić information content (AvgIpc) is 3.39. The second-order valence-corrected chi connectivity index (χ2v) is 7.56. The van der Waals surface area contributed by atoms with Crippen LogP contribution in [0.2, 0.25) is 0 Å². The number of pyridine rings is 1. The maximum absolute atomic E-state index is 13.2. The topological polar surface area (TPSA) is 86.7 Å². The van der Waals surface area contributed by atoms with E-state index in [0.29, 0.717) is 16.0 Å². The van der Waals surface area contributed by atoms with Crippen LogP contribution in [-0.2, 0) is 0 Å². The normalized spacial score (nSPS) is 11.5. The lowest BCUT2D eigenvalue weighted by atomic mass is 10.2. The van der Waals surface area contributed by atoms with Crippen molar-refractivity contribution in [2.24, 2.45) is 0 Å². The smallest absolute Gasteiger partial charge is 0.269 e. The van der Waals surface area contributed by atoms with Crippen LogP contribution >= 0.6 is 11.8 Å². The van der Waals surface area contributed by atoms with Crippen molar-refractivity contribution in [2.75, 3.05) is 0 Å². The number of benzene rings is 1. The second-order valence-electron chi connectivity index (χ2n) is 6.57. The van der Waals surface area contributed by atoms with E-state index >= 15 is 0 Å². The molecule has 5 aromatic rings. The van der Waals surface area contributed by atoms with Gasteiger partial charge in [-0.05, 0) is 54.6 Å². The van der Waals surface area contributed by atoms with Crippen LogP contribution in [0, 0.1) is 6.92 Å². The number of halogens is 2. The van der Waals surface area contributed by atoms with Gasteiger partial charge in [-0.3, -0.25) is 9.55 Å². The van der Waals surface area contributed by atoms with Crippen molar-refractivity contribution < 1.29 is 8.78 Å². The van der Waals surface area contributed by atoms with Crippen LogP contribution < -0.4 is 0 Å². The first-order chi connectivity index (χ1) is 15.1. The maximum atomic E-state index is 13.2. The zero-order valence-electron chi connectivity index (χ0n) is 16.1. The minimum atomic E-state index is -2.78. The van der Waals surface area contributed by atoms with Crippen LogP contribution in [0.25, 0.3) is 22.7 Å². The Morgan fingerprint density at radius 1 is 0.935 bits per heavy atom. The standard InChI is InChI=1S/C20H14F2N8S/c1-12-5-2-3-7-14(12)29-18(13-6-4-10-23-11-13)25-27-20(29)31-16-9-8-15-24-26-19(17(21)22)30(15)28-16/h2-11,17H,1H3. The van der Waals surface area contributed by atoms with Crippen molar-refractivity contribution in [3.8, 4) is 17.1 Å². The highest BCUT2D eigenvalue weighted by molar-refractivity contribution is 7.99. The lowest BCUT2D eigenvalue weighted by Crippen LogP contribution is -2.03. The van der Waals surface area contributed by atoms with Crippen LogP contribution in [0.15, 0.2) is 71.1 Å². The SMILES string of the molecule is Cc1ccccc1-n1c(Sc2ccc3nnc(C(F)F)n3n2)nnc1-c1cccnc1. The van der Waals surface area contributed by atoms with Gasteiger partial charge in [0.15, 0.2) is 11.5 Å². The van der Waals surface area contributed by atoms with Crippen molar-refractivity contribution in [3.63, 3.8) is 0 Å². The number of nitrogens with zero attached hydrogens (tertiary/aromatic N) is 8. The number of aryl methyl sites for hydroxylation is 1. The van der Waals surface area contributed by atoms with Gasteiger partial charge in [-0.15, -0.1) is 20.4 Å². The van der Waals surface area contributed by atoms with Crippen molar-refractivity contribution in [1.82, 2.24) is 39.6 Å². The molecule has 0 N–H and O–H groups in total. The predicted molar refractivity (Wildman–Crippen MR) is 109 cm³/mol. The van der Waals surface area contributed by atoms with Gasteiger partial charge >= 0.3 is 0 Å². The Morgan fingerprint density at radius 2 is 1.81 bits per heavy atom. The molecule has 31 heavy (non-hydrogen) atoms. The fourth-order valence-corrected chi connectivity index (χ4v) is 3.93. The van der Waals surface area contributed by atoms with Crippen LogP contribution in [0.1, 0.15) is 17.8 Å². The van der Waals surface area contributed by atoms with E-state index in [4.69, 9.17) is 0 Å². The molecule has 154 valence electrons. The van der Waals surface area contributed by atoms with Crippen molar-refractivity contribution in [3.05, 3.63) is 72.3 Å². The zero-order valence-corrected chi connectivity index (χ0v) is 16.9. The summed E-state index contributed by atoms with van der Waals surface area (Å²) >= 11 is 1.21. The molecule has 4 heterocycles. The van der Waals surface area contributed by atoms with Crippen molar-refractivity contribution >= 4 is 17.4 Å². The first kappa shape index (κ1) is 19.2. The molecule has 0 unspecified atom stereocenters. The van der Waals surface area contributed by atoms with E-state index in [2.05, 4.69) is 30.5 Å². The first-order valence-electron chi connectivity index (χ1n) is 9.22. The van der Waals surface area contributed by atoms with Crippen molar-refractivity contribution in [1.29, 1.82) is 0 Å². The number of hydrogen-bond donors (Lipinski definition) is 0. The van der Waals surface area contributed by atoms with E-state index in [1.54, 1.807) is 24.5 Å². The molecule has 11 heteroatoms. The van der Waals surface area contributed by atoms with Crippen LogP contribution in [0.5, 0.6) is 0 Å². The lowest BCUT2D eigenvalue weighted by molar-refractivity contribution is 0.137. The third kappa shape index (κ3) is 3.52. The van der Waals surface area contributed by atoms with Gasteiger partial charge in [0.25, 0.3) is 6.43 Å². The van der Waals surface area contributed by atoms with Gasteiger partial charge in [-0.25, -0.2) is 8.78 Å². The molecule has 5 rings (SSSR count). The van der Waals surface area contributed by atoms with E-state index < -0.39 is 12.2 Å². The molecular formula is C20H14F2N8S. The molecule has 0 saturated carbocycles. The lowest BCUT2D eigenvalue weighted by Gasteiger charge is -2.12. The van der Waals surface area contributed by atoms with Gasteiger partial charge < -0.3 is 0 Å². The van der Waals surface area contributed by atoms with E-state index in [1.807, 2.05) is 47.9 Å². The van der Waals surface area contributed by atoms with Gasteiger partial charge in [0, 0.05) is 18.0 Å². The summed E-state index contributed by atoms with van der Waals surface area (Å²) < 4.78 is 29.4. The zero-order chi connectivity index (χ0) is 21.4. The molecule has 0 spiro atoms. The molecular weight excluding hydrogens is 422 g/mol. The summed E-state index contributed by atoms with van der Waals surface area (Å²) in [5, 5.41) is 21.2. The molecule has 0 bridgehead atoms. The Balaban J connectivity index is 1.63. The number of hydrogen-bond acceptors (Lipinski definition) is 7. The van der Waals surface area contributed by atoms with Gasteiger partial charge in [0.1, 0.15) is 5.03 Å². The Hall–Kier alpha value is -3.73. The fraction of sp³-hybridized carbons (Fsp3) is 0.100. The summed E-state index contributed by atoms with van der Waals surface area (Å²) in [4.78, 5) is 4.18. The second kappa shape index (κ2) is 7.84. The fourth-order valence-electron chi connectivity index (χ4n) is 3.12. The summed E-state index contributed by atoms with van der Waals surface area (Å²) in [6.45, 7) is 1.99. The maximum Gasteiger partial charge on any atom is 0.299 e. The molecule has 0 atom stereocenters. The van der Waals surface area contributed by atoms with E-state index in [1.165, 1.54) is 11.8 Å². The summed E-state index contributed by atoms with van der Waals surface area (Å²) in [7, 11) is 0. The third-order valence-corrected chi connectivity index (χ3v) is 5.44. The molecule has 1 aromatic carbocycles. The van der Waals surface area contributed by atoms with Crippen LogP contribution in [0.4, 0.5) is 8.78 Å². The molecule has 0 saturated heterocycles. The monoisotopic (exact) mass is 436 g/mol. The van der Waals surface area contributed by atoms with Crippen LogP contribution in [-0.4, -0.2) is 39.6 Å². The van der Waals surface area contributed by atoms with E-state index in [-0.39, 0.29) is 5.65 Å². The van der Waals surface area contributed by atoms with E-state index in [0.717, 1.165) is 21.3 Å². The predicted octanol–water partition coefficient (Wildman–Crippen LogP) is 4.16. The molecule has 0 fully saturated rings. The number of alkyl halides is 2. The molecule has 4 aromatic heterocycles. The quantitative estimate of drug-likeness (QED) is 0.409. The average molecular weight is 436 g/mol. The Bertz CT molecular complexity index is 1370. The molecule has 0 aliphatic heterocycles. The Labute approximate surface area is 179 Å². The summed E-state index contributed by atoms with van der Waals surface area (Å²) in [6.07, 6.45) is 0.617. The molecule has 0 aliphatic rings. The highest BCUT2D eigenvalue weighted by atomic mass is 32.2. The van der Waals surface area contributed by atoms with Crippen molar-refractivity contribution in [2.45, 2.75) is 23.5 Å². The van der Waals surface area contributed by atoms with Gasteiger partial charge in [0.2, 0.25) is 11.0 Å². The summed E-state index contributed by atoms with van der Waals surface area (Å²) in [6, 6.07) is 14.8. The largest absolute Gasteiger partial charge is 0.299 e. The number of fused-ring (bicyclic) bond motifs is 1. The molecule has 0 radical (unpaired) electrons. The van der Waals surface area contributed by atoms with Gasteiger partial charge in [0.05, 0.1) is 5.69 Å². The summed E-state index contributed by atoms with van der Waals surface area (Å²) in [5.41, 5.74) is 2.97. The first-order valence-corrected chi connectivity index (χ1v) is 10.0. The summed E-state index contributed by atoms with van der Waals surface area (Å²) in [5.74, 6) is 0.109. The molecule has 0 aliphatic carbocycles.